The molecule has 1 amide bonds. The van der Waals surface area contributed by atoms with E-state index in [1.165, 1.54) is 6.20 Å². The second-order valence-electron chi connectivity index (χ2n) is 4.93. The van der Waals surface area contributed by atoms with Gasteiger partial charge in [0.2, 0.25) is 0 Å². The summed E-state index contributed by atoms with van der Waals surface area (Å²) in [7, 11) is 0. The zero-order valence-electron chi connectivity index (χ0n) is 11.0. The molecule has 104 valence electrons. The third kappa shape index (κ3) is 2.70. The second kappa shape index (κ2) is 5.43. The summed E-state index contributed by atoms with van der Waals surface area (Å²) in [5, 5.41) is 12.0. The zero-order valence-corrected chi connectivity index (χ0v) is 11.0. The minimum absolute atomic E-state index is 0.0837. The van der Waals surface area contributed by atoms with Crippen molar-refractivity contribution in [1.29, 1.82) is 5.26 Å². The van der Waals surface area contributed by atoms with Crippen LogP contribution in [0, 0.1) is 11.3 Å². The maximum atomic E-state index is 12.0. The molecule has 1 saturated heterocycles. The number of aromatic nitrogens is 2. The van der Waals surface area contributed by atoms with Crippen LogP contribution in [0.1, 0.15) is 18.5 Å². The van der Waals surface area contributed by atoms with E-state index in [-0.39, 0.29) is 11.6 Å². The first-order valence-corrected chi connectivity index (χ1v) is 6.66. The maximum absolute atomic E-state index is 12.0. The van der Waals surface area contributed by atoms with Gasteiger partial charge >= 0.3 is 0 Å². The fraction of sp³-hybridized carbons (Fsp3) is 0.538. The molecule has 1 N–H and O–H groups in total. The van der Waals surface area contributed by atoms with Crippen LogP contribution in [0.25, 0.3) is 0 Å². The third-order valence-corrected chi connectivity index (χ3v) is 3.37. The van der Waals surface area contributed by atoms with Gasteiger partial charge in [0, 0.05) is 25.0 Å². The number of carbonyl (C=O) groups is 1. The highest BCUT2D eigenvalue weighted by molar-refractivity contribution is 5.82. The highest BCUT2D eigenvalue weighted by atomic mass is 16.5. The lowest BCUT2D eigenvalue weighted by atomic mass is 10.2. The van der Waals surface area contributed by atoms with E-state index >= 15 is 0 Å². The Bertz CT molecular complexity index is 552. The summed E-state index contributed by atoms with van der Waals surface area (Å²) >= 11 is 0. The predicted molar refractivity (Wildman–Crippen MR) is 69.9 cm³/mol. The largest absolute Gasteiger partial charge is 0.365 e. The number of rotatable bonds is 3. The van der Waals surface area contributed by atoms with Crippen molar-refractivity contribution in [2.24, 2.45) is 0 Å². The van der Waals surface area contributed by atoms with Gasteiger partial charge < -0.3 is 15.0 Å². The summed E-state index contributed by atoms with van der Waals surface area (Å²) in [4.78, 5) is 22.1. The lowest BCUT2D eigenvalue weighted by Crippen LogP contribution is -2.50. The van der Waals surface area contributed by atoms with E-state index in [2.05, 4.69) is 15.3 Å². The molecule has 7 heteroatoms. The van der Waals surface area contributed by atoms with Crippen molar-refractivity contribution in [3.63, 3.8) is 0 Å². The van der Waals surface area contributed by atoms with Gasteiger partial charge in [-0.15, -0.1) is 0 Å². The quantitative estimate of drug-likeness (QED) is 0.822. The zero-order chi connectivity index (χ0) is 13.9. The number of ether oxygens (including phenoxy) is 1. The number of amides is 1. The number of nitrogens with zero attached hydrogens (tertiary/aromatic N) is 4. The molecule has 20 heavy (non-hydrogen) atoms. The van der Waals surface area contributed by atoms with E-state index < -0.39 is 6.10 Å². The van der Waals surface area contributed by atoms with Gasteiger partial charge in [0.15, 0.2) is 17.6 Å². The Hall–Kier alpha value is -2.20. The van der Waals surface area contributed by atoms with Crippen molar-refractivity contribution in [2.45, 2.75) is 25.0 Å². The summed E-state index contributed by atoms with van der Waals surface area (Å²) < 4.78 is 5.51. The fourth-order valence-corrected chi connectivity index (χ4v) is 2.16. The number of anilines is 1. The van der Waals surface area contributed by atoms with Crippen molar-refractivity contribution in [3.05, 3.63) is 18.1 Å². The van der Waals surface area contributed by atoms with Gasteiger partial charge in [0.1, 0.15) is 6.07 Å². The van der Waals surface area contributed by atoms with Gasteiger partial charge in [-0.2, -0.15) is 5.26 Å². The van der Waals surface area contributed by atoms with Crippen LogP contribution in [0.5, 0.6) is 0 Å². The predicted octanol–water partition coefficient (Wildman–Crippen LogP) is -0.168. The van der Waals surface area contributed by atoms with Crippen LogP contribution >= 0.6 is 0 Å². The standard InChI is InChI=1S/C13H15N5O2/c14-7-10-12(16-4-3-15-10)18-5-6-20-11(8-18)13(19)17-9-1-2-9/h3-4,9,11H,1-2,5-6,8H2,(H,17,19). The maximum Gasteiger partial charge on any atom is 0.251 e. The molecule has 1 saturated carbocycles. The smallest absolute Gasteiger partial charge is 0.251 e. The average molecular weight is 273 g/mol. The Balaban J connectivity index is 1.71. The Morgan fingerprint density at radius 1 is 1.45 bits per heavy atom. The van der Waals surface area contributed by atoms with Gasteiger partial charge in [-0.3, -0.25) is 4.79 Å². The highest BCUT2D eigenvalue weighted by Gasteiger charge is 2.32. The minimum atomic E-state index is -0.516. The lowest BCUT2D eigenvalue weighted by Gasteiger charge is -2.33. The first-order valence-electron chi connectivity index (χ1n) is 6.66. The van der Waals surface area contributed by atoms with Crippen molar-refractivity contribution >= 4 is 11.7 Å². The van der Waals surface area contributed by atoms with E-state index in [9.17, 15) is 4.79 Å². The summed E-state index contributed by atoms with van der Waals surface area (Å²) in [6.45, 7) is 1.43. The van der Waals surface area contributed by atoms with Gasteiger partial charge in [0.25, 0.3) is 5.91 Å². The summed E-state index contributed by atoms with van der Waals surface area (Å²) in [6.07, 6.45) is 4.61. The van der Waals surface area contributed by atoms with Crippen LogP contribution < -0.4 is 10.2 Å². The number of carbonyl (C=O) groups excluding carboxylic acids is 1. The molecule has 0 radical (unpaired) electrons. The van der Waals surface area contributed by atoms with Gasteiger partial charge in [-0.05, 0) is 12.8 Å². The second-order valence-corrected chi connectivity index (χ2v) is 4.93. The molecule has 2 fully saturated rings. The number of hydrogen-bond donors (Lipinski definition) is 1. The van der Waals surface area contributed by atoms with E-state index in [0.717, 1.165) is 12.8 Å². The minimum Gasteiger partial charge on any atom is -0.365 e. The van der Waals surface area contributed by atoms with Crippen LogP contribution in [0.15, 0.2) is 12.4 Å². The van der Waals surface area contributed by atoms with E-state index in [1.54, 1.807) is 6.20 Å². The van der Waals surface area contributed by atoms with Gasteiger partial charge in [0.05, 0.1) is 13.2 Å². The molecule has 0 aromatic carbocycles. The van der Waals surface area contributed by atoms with Crippen molar-refractivity contribution in [2.75, 3.05) is 24.6 Å². The van der Waals surface area contributed by atoms with E-state index in [0.29, 0.717) is 31.6 Å². The molecule has 1 aromatic heterocycles. The molecular formula is C13H15N5O2. The van der Waals surface area contributed by atoms with Gasteiger partial charge in [-0.25, -0.2) is 9.97 Å². The first kappa shape index (κ1) is 12.8. The molecule has 1 aliphatic heterocycles. The lowest BCUT2D eigenvalue weighted by molar-refractivity contribution is -0.133. The number of hydrogen-bond acceptors (Lipinski definition) is 6. The summed E-state index contributed by atoms with van der Waals surface area (Å²) in [5.74, 6) is 0.433. The Morgan fingerprint density at radius 3 is 3.00 bits per heavy atom. The molecule has 1 unspecified atom stereocenters. The normalized spacial score (nSPS) is 22.1. The van der Waals surface area contributed by atoms with E-state index in [4.69, 9.17) is 10.00 Å². The highest BCUT2D eigenvalue weighted by Crippen LogP contribution is 2.21. The monoisotopic (exact) mass is 273 g/mol. The topological polar surface area (TPSA) is 91.1 Å². The SMILES string of the molecule is N#Cc1nccnc1N1CCOC(C(=O)NC2CC2)C1. The van der Waals surface area contributed by atoms with Crippen molar-refractivity contribution in [3.8, 4) is 6.07 Å². The van der Waals surface area contributed by atoms with Crippen LogP contribution in [0.3, 0.4) is 0 Å². The van der Waals surface area contributed by atoms with E-state index in [1.807, 2.05) is 11.0 Å². The van der Waals surface area contributed by atoms with Crippen LogP contribution in [0.2, 0.25) is 0 Å². The summed E-state index contributed by atoms with van der Waals surface area (Å²) in [5.41, 5.74) is 0.274. The summed E-state index contributed by atoms with van der Waals surface area (Å²) in [6, 6.07) is 2.34. The number of morpholine rings is 1. The van der Waals surface area contributed by atoms with Crippen LogP contribution in [0.4, 0.5) is 5.82 Å². The van der Waals surface area contributed by atoms with Crippen LogP contribution in [-0.4, -0.2) is 47.7 Å². The Morgan fingerprint density at radius 2 is 2.25 bits per heavy atom. The number of nitrogens with one attached hydrogen (secondary N) is 1. The molecule has 7 nitrogen and oxygen atoms in total. The molecule has 3 rings (SSSR count). The molecule has 1 atom stereocenters. The molecule has 1 aliphatic carbocycles. The Labute approximate surface area is 116 Å². The molecule has 2 aliphatic rings. The average Bonchev–Trinajstić information content (AvgIpc) is 3.31. The first-order chi connectivity index (χ1) is 9.78. The van der Waals surface area contributed by atoms with Crippen molar-refractivity contribution in [1.82, 2.24) is 15.3 Å². The Kier molecular flexibility index (Phi) is 3.48. The van der Waals surface area contributed by atoms with Gasteiger partial charge in [-0.1, -0.05) is 0 Å². The molecule has 2 heterocycles. The third-order valence-electron chi connectivity index (χ3n) is 3.37. The molecular weight excluding hydrogens is 258 g/mol. The molecule has 0 bridgehead atoms. The number of nitriles is 1. The molecule has 0 spiro atoms. The fourth-order valence-electron chi connectivity index (χ4n) is 2.16. The van der Waals surface area contributed by atoms with Crippen LogP contribution in [-0.2, 0) is 9.53 Å². The van der Waals surface area contributed by atoms with Crippen molar-refractivity contribution < 1.29 is 9.53 Å². The molecule has 1 aromatic rings.